The van der Waals surface area contributed by atoms with Crippen LogP contribution < -0.4 is 14.8 Å². The largest absolute Gasteiger partial charge is 0.493 e. The summed E-state index contributed by atoms with van der Waals surface area (Å²) in [4.78, 5) is 0. The number of rotatable bonds is 7. The van der Waals surface area contributed by atoms with Crippen molar-refractivity contribution in [1.29, 1.82) is 0 Å². The van der Waals surface area contributed by atoms with Gasteiger partial charge in [-0.05, 0) is 48.2 Å². The summed E-state index contributed by atoms with van der Waals surface area (Å²) in [6, 6.07) is 12.3. The zero-order chi connectivity index (χ0) is 16.2. The van der Waals surface area contributed by atoms with E-state index >= 15 is 0 Å². The van der Waals surface area contributed by atoms with Crippen molar-refractivity contribution in [2.75, 3.05) is 7.11 Å². The normalized spacial score (nSPS) is 13.9. The number of ether oxygens (including phenoxy) is 2. The first kappa shape index (κ1) is 16.6. The molecule has 0 saturated heterocycles. The van der Waals surface area contributed by atoms with Crippen LogP contribution in [0.5, 0.6) is 11.5 Å². The lowest BCUT2D eigenvalue weighted by molar-refractivity contribution is 0.284. The van der Waals surface area contributed by atoms with Gasteiger partial charge in [-0.1, -0.05) is 39.7 Å². The molecule has 3 rings (SSSR count). The number of methoxy groups -OCH3 is 1. The fourth-order valence-corrected chi connectivity index (χ4v) is 2.86. The third-order valence-electron chi connectivity index (χ3n) is 3.80. The zero-order valence-corrected chi connectivity index (χ0v) is 15.3. The third-order valence-corrected chi connectivity index (χ3v) is 4.79. The van der Waals surface area contributed by atoms with E-state index in [1.807, 2.05) is 36.4 Å². The predicted molar refractivity (Wildman–Crippen MR) is 96.3 cm³/mol. The highest BCUT2D eigenvalue weighted by atomic mass is 79.9. The molecule has 0 heterocycles. The standard InChI is InChI=1S/C18H19BrClNO2/c1-22-17-8-13(10-21-15-6-7-15)16(19)9-18(17)23-11-12-2-4-14(20)5-3-12/h2-5,8-9,15,21H,6-7,10-11H2,1H3. The Bertz CT molecular complexity index is 671. The number of halogens is 2. The van der Waals surface area contributed by atoms with Crippen molar-refractivity contribution in [3.05, 3.63) is 57.0 Å². The van der Waals surface area contributed by atoms with Gasteiger partial charge in [-0.25, -0.2) is 0 Å². The molecule has 5 heteroatoms. The first-order chi connectivity index (χ1) is 11.2. The third kappa shape index (κ3) is 4.63. The highest BCUT2D eigenvalue weighted by Gasteiger charge is 2.21. The van der Waals surface area contributed by atoms with E-state index < -0.39 is 0 Å². The predicted octanol–water partition coefficient (Wildman–Crippen LogP) is 4.94. The lowest BCUT2D eigenvalue weighted by Gasteiger charge is -2.14. The van der Waals surface area contributed by atoms with Gasteiger partial charge in [-0.3, -0.25) is 0 Å². The number of hydrogen-bond donors (Lipinski definition) is 1. The fraction of sp³-hybridized carbons (Fsp3) is 0.333. The molecule has 23 heavy (non-hydrogen) atoms. The summed E-state index contributed by atoms with van der Waals surface area (Å²) in [5.41, 5.74) is 2.24. The van der Waals surface area contributed by atoms with Crippen molar-refractivity contribution in [1.82, 2.24) is 5.32 Å². The maximum absolute atomic E-state index is 5.91. The van der Waals surface area contributed by atoms with Crippen LogP contribution in [0.2, 0.25) is 5.02 Å². The topological polar surface area (TPSA) is 30.5 Å². The molecule has 0 aliphatic heterocycles. The van der Waals surface area contributed by atoms with Gasteiger partial charge in [0, 0.05) is 22.1 Å². The second-order valence-electron chi connectivity index (χ2n) is 5.66. The van der Waals surface area contributed by atoms with Gasteiger partial charge in [-0.2, -0.15) is 0 Å². The molecule has 0 unspecified atom stereocenters. The van der Waals surface area contributed by atoms with Crippen molar-refractivity contribution < 1.29 is 9.47 Å². The Kier molecular flexibility index (Phi) is 5.46. The van der Waals surface area contributed by atoms with Gasteiger partial charge in [-0.15, -0.1) is 0 Å². The first-order valence-electron chi connectivity index (χ1n) is 7.63. The SMILES string of the molecule is COc1cc(CNC2CC2)c(Br)cc1OCc1ccc(Cl)cc1. The molecule has 1 fully saturated rings. The van der Waals surface area contributed by atoms with Gasteiger partial charge in [0.2, 0.25) is 0 Å². The quantitative estimate of drug-likeness (QED) is 0.719. The second-order valence-corrected chi connectivity index (χ2v) is 6.96. The molecule has 0 radical (unpaired) electrons. The molecule has 1 saturated carbocycles. The molecule has 1 aliphatic rings. The maximum atomic E-state index is 5.91. The lowest BCUT2D eigenvalue weighted by atomic mass is 10.2. The molecular weight excluding hydrogens is 378 g/mol. The van der Waals surface area contributed by atoms with Gasteiger partial charge in [0.05, 0.1) is 7.11 Å². The molecule has 1 aliphatic carbocycles. The summed E-state index contributed by atoms with van der Waals surface area (Å²) < 4.78 is 12.4. The monoisotopic (exact) mass is 395 g/mol. The highest BCUT2D eigenvalue weighted by Crippen LogP contribution is 2.34. The molecule has 1 N–H and O–H groups in total. The maximum Gasteiger partial charge on any atom is 0.162 e. The molecule has 0 aromatic heterocycles. The van der Waals surface area contributed by atoms with Crippen LogP contribution in [0.25, 0.3) is 0 Å². The Hall–Kier alpha value is -1.23. The number of hydrogen-bond acceptors (Lipinski definition) is 3. The van der Waals surface area contributed by atoms with Crippen LogP contribution in [0.3, 0.4) is 0 Å². The summed E-state index contributed by atoms with van der Waals surface area (Å²) in [6.45, 7) is 1.30. The van der Waals surface area contributed by atoms with Crippen LogP contribution in [0.1, 0.15) is 24.0 Å². The lowest BCUT2D eigenvalue weighted by Crippen LogP contribution is -2.15. The second kappa shape index (κ2) is 7.56. The van der Waals surface area contributed by atoms with Crippen LogP contribution in [-0.2, 0) is 13.2 Å². The van der Waals surface area contributed by atoms with Gasteiger partial charge in [0.25, 0.3) is 0 Å². The molecule has 0 atom stereocenters. The fourth-order valence-electron chi connectivity index (χ4n) is 2.27. The Morgan fingerprint density at radius 2 is 1.91 bits per heavy atom. The van der Waals surface area contributed by atoms with Crippen LogP contribution in [0.15, 0.2) is 40.9 Å². The van der Waals surface area contributed by atoms with Gasteiger partial charge >= 0.3 is 0 Å². The highest BCUT2D eigenvalue weighted by molar-refractivity contribution is 9.10. The number of benzene rings is 2. The zero-order valence-electron chi connectivity index (χ0n) is 12.9. The van der Waals surface area contributed by atoms with E-state index in [1.54, 1.807) is 7.11 Å². The van der Waals surface area contributed by atoms with Crippen LogP contribution in [0, 0.1) is 0 Å². The Labute approximate surface area is 150 Å². The van der Waals surface area contributed by atoms with Crippen molar-refractivity contribution in [3.63, 3.8) is 0 Å². The molecule has 2 aromatic carbocycles. The summed E-state index contributed by atoms with van der Waals surface area (Å²) in [6.07, 6.45) is 2.55. The Morgan fingerprint density at radius 3 is 2.57 bits per heavy atom. The van der Waals surface area contributed by atoms with E-state index in [2.05, 4.69) is 21.2 Å². The van der Waals surface area contributed by atoms with E-state index in [0.717, 1.165) is 33.1 Å². The van der Waals surface area contributed by atoms with Crippen LogP contribution in [-0.4, -0.2) is 13.2 Å². The average molecular weight is 397 g/mol. The smallest absolute Gasteiger partial charge is 0.162 e. The van der Waals surface area contributed by atoms with E-state index in [0.29, 0.717) is 12.6 Å². The molecule has 2 aromatic rings. The van der Waals surface area contributed by atoms with Crippen LogP contribution >= 0.6 is 27.5 Å². The molecule has 0 spiro atoms. The molecule has 0 bridgehead atoms. The minimum Gasteiger partial charge on any atom is -0.493 e. The van der Waals surface area contributed by atoms with E-state index in [-0.39, 0.29) is 0 Å². The summed E-state index contributed by atoms with van der Waals surface area (Å²) in [5.74, 6) is 1.47. The Morgan fingerprint density at radius 1 is 1.17 bits per heavy atom. The average Bonchev–Trinajstić information content (AvgIpc) is 3.37. The van der Waals surface area contributed by atoms with E-state index in [4.69, 9.17) is 21.1 Å². The molecular formula is C18H19BrClNO2. The van der Waals surface area contributed by atoms with Gasteiger partial charge < -0.3 is 14.8 Å². The van der Waals surface area contributed by atoms with Crippen molar-refractivity contribution in [3.8, 4) is 11.5 Å². The Balaban J connectivity index is 1.69. The minimum atomic E-state index is 0.472. The molecule has 0 amide bonds. The first-order valence-corrected chi connectivity index (χ1v) is 8.80. The van der Waals surface area contributed by atoms with Gasteiger partial charge in [0.15, 0.2) is 11.5 Å². The summed E-state index contributed by atoms with van der Waals surface area (Å²) >= 11 is 9.52. The van der Waals surface area contributed by atoms with E-state index in [9.17, 15) is 0 Å². The minimum absolute atomic E-state index is 0.472. The van der Waals surface area contributed by atoms with Crippen molar-refractivity contribution in [2.24, 2.45) is 0 Å². The number of nitrogens with one attached hydrogen (secondary N) is 1. The summed E-state index contributed by atoms with van der Waals surface area (Å²) in [5, 5.41) is 4.23. The van der Waals surface area contributed by atoms with Gasteiger partial charge in [0.1, 0.15) is 6.61 Å². The van der Waals surface area contributed by atoms with E-state index in [1.165, 1.54) is 18.4 Å². The molecule has 122 valence electrons. The summed E-state index contributed by atoms with van der Waals surface area (Å²) in [7, 11) is 1.66. The van der Waals surface area contributed by atoms with Crippen molar-refractivity contribution >= 4 is 27.5 Å². The van der Waals surface area contributed by atoms with Crippen molar-refractivity contribution in [2.45, 2.75) is 32.0 Å². The molecule has 3 nitrogen and oxygen atoms in total. The van der Waals surface area contributed by atoms with Crippen LogP contribution in [0.4, 0.5) is 0 Å².